The minimum absolute atomic E-state index is 0.0286. The Hall–Kier alpha value is -3.80. The van der Waals surface area contributed by atoms with E-state index in [1.165, 1.54) is 0 Å². The van der Waals surface area contributed by atoms with Gasteiger partial charge in [-0.15, -0.1) is 0 Å². The zero-order valence-electron chi connectivity index (χ0n) is 20.4. The number of carbonyl (C=O) groups is 2. The predicted molar refractivity (Wildman–Crippen MR) is 137 cm³/mol. The quantitative estimate of drug-likeness (QED) is 0.353. The number of likely N-dealkylation sites (tertiary alicyclic amines) is 1. The number of aryl methyl sites for hydroxylation is 1. The first-order chi connectivity index (χ1) is 16.9. The Morgan fingerprint density at radius 3 is 2.31 bits per heavy atom. The SMILES string of the molecule is Cc1ccc(C(=O)C2CCN(C(=O)c3cc(-c4ccccc4)nc4c3cnn4C(C)C)CC2)cc1. The summed E-state index contributed by atoms with van der Waals surface area (Å²) in [4.78, 5) is 33.5. The molecule has 0 unspecified atom stereocenters. The summed E-state index contributed by atoms with van der Waals surface area (Å²) >= 11 is 0. The highest BCUT2D eigenvalue weighted by Gasteiger charge is 2.30. The van der Waals surface area contributed by atoms with Crippen molar-refractivity contribution in [2.24, 2.45) is 5.92 Å². The summed E-state index contributed by atoms with van der Waals surface area (Å²) in [5.41, 5.74) is 4.94. The van der Waals surface area contributed by atoms with Crippen LogP contribution in [0.3, 0.4) is 0 Å². The summed E-state index contributed by atoms with van der Waals surface area (Å²) in [7, 11) is 0. The van der Waals surface area contributed by atoms with Gasteiger partial charge in [0.15, 0.2) is 11.4 Å². The van der Waals surface area contributed by atoms with E-state index in [0.717, 1.165) is 27.8 Å². The number of rotatable bonds is 5. The Labute approximate surface area is 205 Å². The van der Waals surface area contributed by atoms with Crippen LogP contribution in [0.4, 0.5) is 0 Å². The van der Waals surface area contributed by atoms with Gasteiger partial charge in [-0.05, 0) is 39.7 Å². The van der Waals surface area contributed by atoms with Gasteiger partial charge >= 0.3 is 0 Å². The molecule has 1 fully saturated rings. The highest BCUT2D eigenvalue weighted by molar-refractivity contribution is 6.06. The lowest BCUT2D eigenvalue weighted by atomic mass is 9.88. The molecule has 0 bridgehead atoms. The van der Waals surface area contributed by atoms with Crippen molar-refractivity contribution in [3.63, 3.8) is 0 Å². The van der Waals surface area contributed by atoms with Crippen molar-refractivity contribution in [3.8, 4) is 11.3 Å². The first kappa shape index (κ1) is 23.0. The molecule has 0 radical (unpaired) electrons. The molecule has 2 aromatic heterocycles. The molecule has 1 aliphatic heterocycles. The van der Waals surface area contributed by atoms with Gasteiger partial charge in [-0.3, -0.25) is 9.59 Å². The van der Waals surface area contributed by atoms with Crippen LogP contribution in [0.1, 0.15) is 59.0 Å². The largest absolute Gasteiger partial charge is 0.339 e. The molecular weight excluding hydrogens is 436 g/mol. The molecular formula is C29H30N4O2. The van der Waals surface area contributed by atoms with E-state index in [1.54, 1.807) is 6.20 Å². The fraction of sp³-hybridized carbons (Fsp3) is 0.310. The number of aromatic nitrogens is 3. The molecule has 6 heteroatoms. The molecule has 0 saturated carbocycles. The van der Waals surface area contributed by atoms with Crippen molar-refractivity contribution in [2.75, 3.05) is 13.1 Å². The van der Waals surface area contributed by atoms with E-state index in [2.05, 4.69) is 18.9 Å². The Kier molecular flexibility index (Phi) is 6.20. The summed E-state index contributed by atoms with van der Waals surface area (Å²) < 4.78 is 1.87. The van der Waals surface area contributed by atoms with Crippen LogP contribution in [-0.4, -0.2) is 44.4 Å². The first-order valence-electron chi connectivity index (χ1n) is 12.3. The zero-order chi connectivity index (χ0) is 24.5. The fourth-order valence-corrected chi connectivity index (χ4v) is 4.80. The molecule has 0 atom stereocenters. The van der Waals surface area contributed by atoms with Crippen molar-refractivity contribution in [2.45, 2.75) is 39.7 Å². The minimum atomic E-state index is -0.0530. The maximum absolute atomic E-state index is 13.7. The molecule has 0 spiro atoms. The van der Waals surface area contributed by atoms with Gasteiger partial charge in [0, 0.05) is 36.2 Å². The summed E-state index contributed by atoms with van der Waals surface area (Å²) in [5.74, 6) is 0.0925. The molecule has 6 nitrogen and oxygen atoms in total. The Bertz CT molecular complexity index is 1370. The maximum atomic E-state index is 13.7. The molecule has 0 aliphatic carbocycles. The number of benzene rings is 2. The highest BCUT2D eigenvalue weighted by Crippen LogP contribution is 2.29. The number of pyridine rings is 1. The number of fused-ring (bicyclic) bond motifs is 1. The van der Waals surface area contributed by atoms with Crippen LogP contribution in [0.25, 0.3) is 22.3 Å². The number of carbonyl (C=O) groups excluding carboxylic acids is 2. The number of ketones is 1. The Balaban J connectivity index is 1.42. The van der Waals surface area contributed by atoms with Gasteiger partial charge in [0.2, 0.25) is 0 Å². The van der Waals surface area contributed by atoms with E-state index in [0.29, 0.717) is 37.1 Å². The summed E-state index contributed by atoms with van der Waals surface area (Å²) in [6.07, 6.45) is 3.09. The number of hydrogen-bond acceptors (Lipinski definition) is 4. The van der Waals surface area contributed by atoms with Crippen molar-refractivity contribution >= 4 is 22.7 Å². The fourth-order valence-electron chi connectivity index (χ4n) is 4.80. The molecule has 1 amide bonds. The number of piperidine rings is 1. The maximum Gasteiger partial charge on any atom is 0.254 e. The zero-order valence-corrected chi connectivity index (χ0v) is 20.4. The number of hydrogen-bond donors (Lipinski definition) is 0. The van der Waals surface area contributed by atoms with Crippen LogP contribution >= 0.6 is 0 Å². The lowest BCUT2D eigenvalue weighted by molar-refractivity contribution is 0.0652. The third-order valence-electron chi connectivity index (χ3n) is 6.84. The second-order valence-corrected chi connectivity index (χ2v) is 9.64. The smallest absolute Gasteiger partial charge is 0.254 e. The van der Waals surface area contributed by atoms with Gasteiger partial charge < -0.3 is 4.90 Å². The minimum Gasteiger partial charge on any atom is -0.339 e. The molecule has 178 valence electrons. The van der Waals surface area contributed by atoms with Crippen LogP contribution in [0.15, 0.2) is 66.9 Å². The average molecular weight is 467 g/mol. The van der Waals surface area contributed by atoms with Gasteiger partial charge in [0.05, 0.1) is 22.8 Å². The average Bonchev–Trinajstić information content (AvgIpc) is 3.33. The summed E-state index contributed by atoms with van der Waals surface area (Å²) in [6, 6.07) is 19.7. The third kappa shape index (κ3) is 4.48. The van der Waals surface area contributed by atoms with Gasteiger partial charge in [-0.1, -0.05) is 60.2 Å². The van der Waals surface area contributed by atoms with E-state index >= 15 is 0 Å². The van der Waals surface area contributed by atoms with Crippen molar-refractivity contribution in [1.82, 2.24) is 19.7 Å². The molecule has 5 rings (SSSR count). The van der Waals surface area contributed by atoms with E-state index in [1.807, 2.05) is 77.2 Å². The lowest BCUT2D eigenvalue weighted by Crippen LogP contribution is -2.40. The third-order valence-corrected chi connectivity index (χ3v) is 6.84. The van der Waals surface area contributed by atoms with Crippen LogP contribution < -0.4 is 0 Å². The molecule has 35 heavy (non-hydrogen) atoms. The Morgan fingerprint density at radius 1 is 0.971 bits per heavy atom. The van der Waals surface area contributed by atoms with E-state index in [-0.39, 0.29) is 23.7 Å². The molecule has 1 saturated heterocycles. The molecule has 3 heterocycles. The summed E-state index contributed by atoms with van der Waals surface area (Å²) in [6.45, 7) is 7.25. The van der Waals surface area contributed by atoms with Crippen molar-refractivity contribution in [3.05, 3.63) is 83.6 Å². The van der Waals surface area contributed by atoms with E-state index < -0.39 is 0 Å². The van der Waals surface area contributed by atoms with E-state index in [9.17, 15) is 9.59 Å². The standard InChI is InChI=1S/C29H30N4O2/c1-19(2)33-28-25(18-30-33)24(17-26(31-28)21-7-5-4-6-8-21)29(35)32-15-13-23(14-16-32)27(34)22-11-9-20(3)10-12-22/h4-12,17-19,23H,13-16H2,1-3H3. The van der Waals surface area contributed by atoms with Crippen molar-refractivity contribution < 1.29 is 9.59 Å². The normalized spacial score (nSPS) is 14.6. The molecule has 1 aliphatic rings. The van der Waals surface area contributed by atoms with Crippen LogP contribution in [0.2, 0.25) is 0 Å². The van der Waals surface area contributed by atoms with Gasteiger partial charge in [0.1, 0.15) is 0 Å². The van der Waals surface area contributed by atoms with Gasteiger partial charge in [0.25, 0.3) is 5.91 Å². The topological polar surface area (TPSA) is 68.1 Å². The number of amides is 1. The van der Waals surface area contributed by atoms with Crippen LogP contribution in [0.5, 0.6) is 0 Å². The van der Waals surface area contributed by atoms with Gasteiger partial charge in [-0.25, -0.2) is 9.67 Å². The number of Topliss-reactive ketones (excluding diaryl/α,β-unsaturated/α-hetero) is 1. The lowest BCUT2D eigenvalue weighted by Gasteiger charge is -2.31. The number of nitrogens with zero attached hydrogens (tertiary/aromatic N) is 4. The van der Waals surface area contributed by atoms with Gasteiger partial charge in [-0.2, -0.15) is 5.10 Å². The van der Waals surface area contributed by atoms with Crippen molar-refractivity contribution in [1.29, 1.82) is 0 Å². The molecule has 4 aromatic rings. The predicted octanol–water partition coefficient (Wildman–Crippen LogP) is 5.72. The molecule has 2 aromatic carbocycles. The summed E-state index contributed by atoms with van der Waals surface area (Å²) in [5, 5.41) is 5.30. The van der Waals surface area contributed by atoms with E-state index in [4.69, 9.17) is 4.98 Å². The second kappa shape index (κ2) is 9.45. The Morgan fingerprint density at radius 2 is 1.66 bits per heavy atom. The van der Waals surface area contributed by atoms with Crippen LogP contribution in [0, 0.1) is 12.8 Å². The monoisotopic (exact) mass is 466 g/mol. The van der Waals surface area contributed by atoms with Crippen LogP contribution in [-0.2, 0) is 0 Å². The molecule has 0 N–H and O–H groups in total. The first-order valence-corrected chi connectivity index (χ1v) is 12.3. The second-order valence-electron chi connectivity index (χ2n) is 9.64. The highest BCUT2D eigenvalue weighted by atomic mass is 16.2.